The number of hydrogen-bond donors (Lipinski definition) is 1. The summed E-state index contributed by atoms with van der Waals surface area (Å²) in [5.41, 5.74) is 7.52. The highest BCUT2D eigenvalue weighted by molar-refractivity contribution is 5.97. The minimum atomic E-state index is -0.341. The van der Waals surface area contributed by atoms with Gasteiger partial charge in [-0.1, -0.05) is 0 Å². The maximum absolute atomic E-state index is 12.8. The zero-order valence-electron chi connectivity index (χ0n) is 13.6. The molecule has 0 aromatic carbocycles. The molecule has 2 aromatic rings. The number of rotatable bonds is 2. The van der Waals surface area contributed by atoms with Crippen LogP contribution in [-0.4, -0.2) is 44.1 Å². The highest BCUT2D eigenvalue weighted by atomic mass is 16.2. The second-order valence-corrected chi connectivity index (χ2v) is 6.29. The van der Waals surface area contributed by atoms with Crippen molar-refractivity contribution in [2.45, 2.75) is 32.7 Å². The summed E-state index contributed by atoms with van der Waals surface area (Å²) in [5, 5.41) is 5.19. The SMILES string of the molecule is Cc1nn(C)c2ncc(C(=O)N3C[C@H](C(N)=O)CC[C@@H]3C)cc12. The number of aryl methyl sites for hydroxylation is 2. The van der Waals surface area contributed by atoms with Crippen LogP contribution in [0.3, 0.4) is 0 Å². The Balaban J connectivity index is 1.92. The molecule has 2 atom stereocenters. The van der Waals surface area contributed by atoms with E-state index in [1.807, 2.05) is 27.0 Å². The third-order valence-corrected chi connectivity index (χ3v) is 4.66. The first kappa shape index (κ1) is 15.5. The van der Waals surface area contributed by atoms with Gasteiger partial charge in [0, 0.05) is 31.2 Å². The summed E-state index contributed by atoms with van der Waals surface area (Å²) in [7, 11) is 1.83. The van der Waals surface area contributed by atoms with E-state index in [1.165, 1.54) is 0 Å². The molecule has 23 heavy (non-hydrogen) atoms. The van der Waals surface area contributed by atoms with Crippen LogP contribution in [0.1, 0.15) is 35.8 Å². The third-order valence-electron chi connectivity index (χ3n) is 4.66. The first-order valence-corrected chi connectivity index (χ1v) is 7.78. The number of carbonyl (C=O) groups is 2. The number of amides is 2. The largest absolute Gasteiger partial charge is 0.369 e. The van der Waals surface area contributed by atoms with Crippen LogP contribution in [-0.2, 0) is 11.8 Å². The van der Waals surface area contributed by atoms with Crippen molar-refractivity contribution in [2.24, 2.45) is 18.7 Å². The Morgan fingerprint density at radius 3 is 2.78 bits per heavy atom. The van der Waals surface area contributed by atoms with Crippen LogP contribution in [0.15, 0.2) is 12.3 Å². The maximum Gasteiger partial charge on any atom is 0.255 e. The van der Waals surface area contributed by atoms with Gasteiger partial charge >= 0.3 is 0 Å². The second-order valence-electron chi connectivity index (χ2n) is 6.29. The number of primary amides is 1. The van der Waals surface area contributed by atoms with E-state index in [2.05, 4.69) is 10.1 Å². The lowest BCUT2D eigenvalue weighted by Gasteiger charge is -2.36. The molecule has 2 amide bonds. The quantitative estimate of drug-likeness (QED) is 0.894. The third kappa shape index (κ3) is 2.67. The summed E-state index contributed by atoms with van der Waals surface area (Å²) in [5.74, 6) is -0.723. The summed E-state index contributed by atoms with van der Waals surface area (Å²) in [6.45, 7) is 4.26. The lowest BCUT2D eigenvalue weighted by molar-refractivity contribution is -0.123. The van der Waals surface area contributed by atoms with Gasteiger partial charge in [-0.15, -0.1) is 0 Å². The lowest BCUT2D eigenvalue weighted by atomic mass is 9.92. The first-order valence-electron chi connectivity index (χ1n) is 7.78. The van der Waals surface area contributed by atoms with Gasteiger partial charge in [-0.2, -0.15) is 5.10 Å². The average Bonchev–Trinajstić information content (AvgIpc) is 2.81. The molecular weight excluding hydrogens is 294 g/mol. The molecule has 0 unspecified atom stereocenters. The number of fused-ring (bicyclic) bond motifs is 1. The normalized spacial score (nSPS) is 21.6. The predicted octanol–water partition coefficient (Wildman–Crippen LogP) is 1.00. The van der Waals surface area contributed by atoms with Crippen molar-refractivity contribution in [3.63, 3.8) is 0 Å². The van der Waals surface area contributed by atoms with Gasteiger partial charge in [0.05, 0.1) is 17.2 Å². The Hall–Kier alpha value is -2.44. The average molecular weight is 315 g/mol. The molecule has 0 radical (unpaired) electrons. The van der Waals surface area contributed by atoms with Crippen molar-refractivity contribution in [3.8, 4) is 0 Å². The topological polar surface area (TPSA) is 94.1 Å². The summed E-state index contributed by atoms with van der Waals surface area (Å²) in [6, 6.07) is 1.91. The van der Waals surface area contributed by atoms with Gasteiger partial charge in [-0.05, 0) is 32.8 Å². The Bertz CT molecular complexity index is 782. The molecule has 2 N–H and O–H groups in total. The molecule has 0 saturated carbocycles. The van der Waals surface area contributed by atoms with Crippen LogP contribution in [0.5, 0.6) is 0 Å². The fourth-order valence-electron chi connectivity index (χ4n) is 3.21. The molecule has 7 heteroatoms. The fourth-order valence-corrected chi connectivity index (χ4v) is 3.21. The van der Waals surface area contributed by atoms with Crippen LogP contribution in [0.25, 0.3) is 11.0 Å². The molecule has 122 valence electrons. The van der Waals surface area contributed by atoms with Crippen molar-refractivity contribution in [1.82, 2.24) is 19.7 Å². The summed E-state index contributed by atoms with van der Waals surface area (Å²) in [4.78, 5) is 30.4. The van der Waals surface area contributed by atoms with Gasteiger partial charge in [0.25, 0.3) is 5.91 Å². The van der Waals surface area contributed by atoms with E-state index in [0.29, 0.717) is 12.1 Å². The minimum absolute atomic E-state index is 0.0868. The molecule has 1 aliphatic rings. The van der Waals surface area contributed by atoms with Crippen LogP contribution in [0.2, 0.25) is 0 Å². The number of hydrogen-bond acceptors (Lipinski definition) is 4. The molecule has 1 aliphatic heterocycles. The Morgan fingerprint density at radius 1 is 1.35 bits per heavy atom. The molecule has 2 aromatic heterocycles. The number of piperidine rings is 1. The highest BCUT2D eigenvalue weighted by Crippen LogP contribution is 2.24. The minimum Gasteiger partial charge on any atom is -0.369 e. The Morgan fingerprint density at radius 2 is 2.09 bits per heavy atom. The van der Waals surface area contributed by atoms with Crippen LogP contribution in [0.4, 0.5) is 0 Å². The van der Waals surface area contributed by atoms with E-state index < -0.39 is 0 Å². The molecule has 0 spiro atoms. The highest BCUT2D eigenvalue weighted by Gasteiger charge is 2.32. The Labute approximate surface area is 134 Å². The van der Waals surface area contributed by atoms with Crippen LogP contribution in [0, 0.1) is 12.8 Å². The van der Waals surface area contributed by atoms with Crippen molar-refractivity contribution >= 4 is 22.8 Å². The predicted molar refractivity (Wildman–Crippen MR) is 85.7 cm³/mol. The molecule has 0 aliphatic carbocycles. The monoisotopic (exact) mass is 315 g/mol. The van der Waals surface area contributed by atoms with E-state index >= 15 is 0 Å². The summed E-state index contributed by atoms with van der Waals surface area (Å²) in [6.07, 6.45) is 3.09. The number of carbonyl (C=O) groups excluding carboxylic acids is 2. The van der Waals surface area contributed by atoms with Crippen molar-refractivity contribution in [2.75, 3.05) is 6.54 Å². The Kier molecular flexibility index (Phi) is 3.79. The number of nitrogens with zero attached hydrogens (tertiary/aromatic N) is 4. The molecule has 1 fully saturated rings. The first-order chi connectivity index (χ1) is 10.9. The maximum atomic E-state index is 12.8. The number of likely N-dealkylation sites (tertiary alicyclic amines) is 1. The van der Waals surface area contributed by atoms with Gasteiger partial charge in [0.15, 0.2) is 5.65 Å². The van der Waals surface area contributed by atoms with Crippen molar-refractivity contribution in [3.05, 3.63) is 23.5 Å². The van der Waals surface area contributed by atoms with Gasteiger partial charge in [-0.25, -0.2) is 4.98 Å². The van der Waals surface area contributed by atoms with E-state index in [0.717, 1.165) is 29.6 Å². The molecule has 3 rings (SSSR count). The van der Waals surface area contributed by atoms with E-state index in [-0.39, 0.29) is 23.8 Å². The molecular formula is C16H21N5O2. The molecule has 1 saturated heterocycles. The van der Waals surface area contributed by atoms with Crippen LogP contribution >= 0.6 is 0 Å². The van der Waals surface area contributed by atoms with Crippen LogP contribution < -0.4 is 5.73 Å². The molecule has 0 bridgehead atoms. The summed E-state index contributed by atoms with van der Waals surface area (Å²) < 4.78 is 1.70. The number of pyridine rings is 1. The zero-order chi connectivity index (χ0) is 16.7. The van der Waals surface area contributed by atoms with E-state index in [4.69, 9.17) is 5.73 Å². The van der Waals surface area contributed by atoms with Gasteiger partial charge in [0.1, 0.15) is 0 Å². The molecule has 7 nitrogen and oxygen atoms in total. The second kappa shape index (κ2) is 5.64. The van der Waals surface area contributed by atoms with E-state index in [1.54, 1.807) is 15.8 Å². The van der Waals surface area contributed by atoms with Gasteiger partial charge in [-0.3, -0.25) is 14.3 Å². The fraction of sp³-hybridized carbons (Fsp3) is 0.500. The molecule has 3 heterocycles. The van der Waals surface area contributed by atoms with Gasteiger partial charge < -0.3 is 10.6 Å². The number of nitrogens with two attached hydrogens (primary N) is 1. The van der Waals surface area contributed by atoms with Crippen molar-refractivity contribution in [1.29, 1.82) is 0 Å². The lowest BCUT2D eigenvalue weighted by Crippen LogP contribution is -2.48. The summed E-state index contributed by atoms with van der Waals surface area (Å²) >= 11 is 0. The number of aromatic nitrogens is 3. The van der Waals surface area contributed by atoms with Crippen molar-refractivity contribution < 1.29 is 9.59 Å². The van der Waals surface area contributed by atoms with Gasteiger partial charge in [0.2, 0.25) is 5.91 Å². The zero-order valence-corrected chi connectivity index (χ0v) is 13.6. The smallest absolute Gasteiger partial charge is 0.255 e. The van der Waals surface area contributed by atoms with E-state index in [9.17, 15) is 9.59 Å². The standard InChI is InChI=1S/C16H21N5O2/c1-9-4-5-11(14(17)22)8-21(9)16(23)12-6-13-10(2)19-20(3)15(13)18-7-12/h6-7,9,11H,4-5,8H2,1-3H3,(H2,17,22)/t9-,11+/m0/s1.